The fourth-order valence-corrected chi connectivity index (χ4v) is 4.93. The molecule has 0 atom stereocenters. The molecule has 1 aliphatic carbocycles. The van der Waals surface area contributed by atoms with Gasteiger partial charge in [-0.05, 0) is 67.7 Å². The molecule has 170 valence electrons. The number of benzene rings is 2. The van der Waals surface area contributed by atoms with Gasteiger partial charge >= 0.3 is 0 Å². The molecule has 0 amide bonds. The van der Waals surface area contributed by atoms with Crippen LogP contribution in [0, 0.1) is 12.3 Å². The van der Waals surface area contributed by atoms with Crippen molar-refractivity contribution in [3.8, 4) is 11.1 Å². The molecule has 4 heteroatoms. The number of oxime groups is 1. The lowest BCUT2D eigenvalue weighted by molar-refractivity contribution is 0.159. The normalized spacial score (nSPS) is 13.4. The van der Waals surface area contributed by atoms with Crippen molar-refractivity contribution in [1.29, 1.82) is 0 Å². The minimum atomic E-state index is 0.259. The van der Waals surface area contributed by atoms with Gasteiger partial charge in [-0.2, -0.15) is 0 Å². The van der Waals surface area contributed by atoms with Crippen LogP contribution in [0.15, 0.2) is 53.0 Å². The van der Waals surface area contributed by atoms with Crippen molar-refractivity contribution in [3.05, 3.63) is 75.2 Å². The molecule has 0 spiro atoms. The van der Waals surface area contributed by atoms with Gasteiger partial charge in [0.2, 0.25) is 0 Å². The first-order chi connectivity index (χ1) is 15.5. The van der Waals surface area contributed by atoms with Gasteiger partial charge in [0.15, 0.2) is 0 Å². The predicted molar refractivity (Wildman–Crippen MR) is 138 cm³/mol. The highest BCUT2D eigenvalue weighted by molar-refractivity contribution is 7.09. The minimum absolute atomic E-state index is 0.259. The molecule has 0 N–H and O–H groups in total. The Morgan fingerprint density at radius 3 is 2.41 bits per heavy atom. The van der Waals surface area contributed by atoms with Crippen LogP contribution in [0.1, 0.15) is 74.9 Å². The third-order valence-corrected chi connectivity index (χ3v) is 6.56. The maximum atomic E-state index is 5.44. The molecule has 0 saturated heterocycles. The molecule has 3 nitrogen and oxygen atoms in total. The lowest BCUT2D eigenvalue weighted by atomic mass is 9.82. The van der Waals surface area contributed by atoms with Crippen LogP contribution in [0.3, 0.4) is 0 Å². The Morgan fingerprint density at radius 2 is 1.72 bits per heavy atom. The number of aromatic nitrogens is 1. The number of rotatable bonds is 8. The van der Waals surface area contributed by atoms with Crippen LogP contribution in [-0.2, 0) is 17.7 Å². The second-order valence-electron chi connectivity index (χ2n) is 8.84. The zero-order valence-corrected chi connectivity index (χ0v) is 21.2. The van der Waals surface area contributed by atoms with Gasteiger partial charge in [0.05, 0.1) is 10.7 Å². The van der Waals surface area contributed by atoms with Gasteiger partial charge in [0.1, 0.15) is 12.3 Å². The Hall–Kier alpha value is -2.46. The summed E-state index contributed by atoms with van der Waals surface area (Å²) < 4.78 is 0. The summed E-state index contributed by atoms with van der Waals surface area (Å²) >= 11 is 1.75. The molecule has 1 aromatic heterocycles. The summed E-state index contributed by atoms with van der Waals surface area (Å²) in [6.07, 6.45) is 4.47. The lowest BCUT2D eigenvalue weighted by Crippen LogP contribution is -2.15. The molecular weight excluding hydrogens is 412 g/mol. The second-order valence-corrected chi connectivity index (χ2v) is 9.90. The third-order valence-electron chi connectivity index (χ3n) is 5.74. The van der Waals surface area contributed by atoms with Gasteiger partial charge in [-0.25, -0.2) is 4.98 Å². The van der Waals surface area contributed by atoms with E-state index < -0.39 is 0 Å². The van der Waals surface area contributed by atoms with Crippen molar-refractivity contribution < 1.29 is 4.84 Å². The fraction of sp³-hybridized carbons (Fsp3) is 0.429. The maximum Gasteiger partial charge on any atom is 0.118 e. The quantitative estimate of drug-likeness (QED) is 0.257. The van der Waals surface area contributed by atoms with Gasteiger partial charge in [-0.1, -0.05) is 69.2 Å². The van der Waals surface area contributed by atoms with E-state index in [1.54, 1.807) is 11.3 Å². The van der Waals surface area contributed by atoms with Gasteiger partial charge in [-0.3, -0.25) is 0 Å². The van der Waals surface area contributed by atoms with E-state index in [-0.39, 0.29) is 5.41 Å². The smallest absolute Gasteiger partial charge is 0.118 e. The molecule has 4 rings (SSSR count). The summed E-state index contributed by atoms with van der Waals surface area (Å²) in [6.45, 7) is 13.3. The molecule has 1 heterocycles. The van der Waals surface area contributed by atoms with Crippen molar-refractivity contribution in [3.63, 3.8) is 0 Å². The summed E-state index contributed by atoms with van der Waals surface area (Å²) in [5.41, 5.74) is 8.68. The van der Waals surface area contributed by atoms with E-state index in [0.717, 1.165) is 29.1 Å². The van der Waals surface area contributed by atoms with Crippen LogP contribution in [0.25, 0.3) is 11.1 Å². The van der Waals surface area contributed by atoms with Crippen molar-refractivity contribution in [2.75, 3.05) is 6.61 Å². The van der Waals surface area contributed by atoms with E-state index in [9.17, 15) is 0 Å². The van der Waals surface area contributed by atoms with Crippen LogP contribution < -0.4 is 0 Å². The Kier molecular flexibility index (Phi) is 8.25. The topological polar surface area (TPSA) is 34.5 Å². The summed E-state index contributed by atoms with van der Waals surface area (Å²) in [4.78, 5) is 10.1. The van der Waals surface area contributed by atoms with E-state index in [1.165, 1.54) is 40.8 Å². The van der Waals surface area contributed by atoms with Gasteiger partial charge in [0.25, 0.3) is 0 Å². The summed E-state index contributed by atoms with van der Waals surface area (Å²) in [7, 11) is 0. The van der Waals surface area contributed by atoms with E-state index in [0.29, 0.717) is 6.61 Å². The first kappa shape index (κ1) is 24.2. The van der Waals surface area contributed by atoms with Gasteiger partial charge < -0.3 is 4.84 Å². The SMILES string of the molecule is CC.CCO/N=C1/c2ccccc2-c2ccc(CCCC(C)(C)Cc3csc(C)n3)cc21. The number of thiazole rings is 1. The largest absolute Gasteiger partial charge is 0.396 e. The Labute approximate surface area is 197 Å². The highest BCUT2D eigenvalue weighted by Gasteiger charge is 2.26. The average Bonchev–Trinajstić information content (AvgIpc) is 3.33. The molecule has 32 heavy (non-hydrogen) atoms. The van der Waals surface area contributed by atoms with Crippen LogP contribution in [0.5, 0.6) is 0 Å². The Morgan fingerprint density at radius 1 is 1.00 bits per heavy atom. The zero-order valence-electron chi connectivity index (χ0n) is 20.4. The van der Waals surface area contributed by atoms with Crippen LogP contribution in [-0.4, -0.2) is 17.3 Å². The van der Waals surface area contributed by atoms with Crippen molar-refractivity contribution in [1.82, 2.24) is 4.98 Å². The van der Waals surface area contributed by atoms with E-state index in [2.05, 4.69) is 78.8 Å². The highest BCUT2D eigenvalue weighted by Crippen LogP contribution is 2.38. The van der Waals surface area contributed by atoms with E-state index in [1.807, 2.05) is 20.8 Å². The molecule has 0 fully saturated rings. The summed E-state index contributed by atoms with van der Waals surface area (Å²) in [5.74, 6) is 0. The molecule has 3 aromatic rings. The molecule has 2 aromatic carbocycles. The highest BCUT2D eigenvalue weighted by atomic mass is 32.1. The van der Waals surface area contributed by atoms with Crippen LogP contribution >= 0.6 is 11.3 Å². The maximum absolute atomic E-state index is 5.44. The zero-order chi connectivity index (χ0) is 23.1. The molecule has 0 aliphatic heterocycles. The van der Waals surface area contributed by atoms with Crippen LogP contribution in [0.2, 0.25) is 0 Å². The second kappa shape index (κ2) is 10.9. The number of fused-ring (bicyclic) bond motifs is 3. The minimum Gasteiger partial charge on any atom is -0.396 e. The molecule has 0 bridgehead atoms. The van der Waals surface area contributed by atoms with Crippen molar-refractivity contribution in [2.24, 2.45) is 10.6 Å². The Bertz CT molecular complexity index is 1060. The van der Waals surface area contributed by atoms with Gasteiger partial charge in [-0.15, -0.1) is 11.3 Å². The van der Waals surface area contributed by atoms with Crippen molar-refractivity contribution in [2.45, 2.75) is 67.2 Å². The summed E-state index contributed by atoms with van der Waals surface area (Å²) in [6, 6.07) is 15.3. The average molecular weight is 449 g/mol. The standard InChI is InChI=1S/C26H30N2OS.C2H6/c1-5-29-28-25-23-11-7-6-10-21(23)22-13-12-19(15-24(22)25)9-8-14-26(3,4)16-20-17-30-18(2)27-20;1-2/h6-7,10-13,15,17H,5,8-9,14,16H2,1-4H3;1-2H3/b28-25-;. The molecule has 1 aliphatic rings. The number of hydrogen-bond donors (Lipinski definition) is 0. The molecular formula is C28H36N2OS. The Balaban J connectivity index is 0.00000141. The molecule has 0 saturated carbocycles. The number of hydrogen-bond acceptors (Lipinski definition) is 4. The third kappa shape index (κ3) is 5.66. The first-order valence-electron chi connectivity index (χ1n) is 11.8. The van der Waals surface area contributed by atoms with Crippen LogP contribution in [0.4, 0.5) is 0 Å². The van der Waals surface area contributed by atoms with E-state index >= 15 is 0 Å². The first-order valence-corrected chi connectivity index (χ1v) is 12.7. The van der Waals surface area contributed by atoms with Crippen molar-refractivity contribution >= 4 is 17.0 Å². The number of aryl methyl sites for hydroxylation is 2. The van der Waals surface area contributed by atoms with E-state index in [4.69, 9.17) is 4.84 Å². The monoisotopic (exact) mass is 448 g/mol. The fourth-order valence-electron chi connectivity index (χ4n) is 4.31. The molecule has 0 radical (unpaired) electrons. The molecule has 0 unspecified atom stereocenters. The summed E-state index contributed by atoms with van der Waals surface area (Å²) in [5, 5.41) is 7.80. The lowest BCUT2D eigenvalue weighted by Gasteiger charge is -2.23. The van der Waals surface area contributed by atoms with Gasteiger partial charge in [0, 0.05) is 16.5 Å². The predicted octanol–water partition coefficient (Wildman–Crippen LogP) is 7.84. The number of nitrogens with zero attached hydrogens (tertiary/aromatic N) is 2.